The van der Waals surface area contributed by atoms with Crippen LogP contribution in [0.15, 0.2) is 93.3 Å². The Bertz CT molecular complexity index is 1620. The normalized spacial score (nSPS) is 16.4. The van der Waals surface area contributed by atoms with Crippen molar-refractivity contribution in [2.24, 2.45) is 14.6 Å². The van der Waals surface area contributed by atoms with Crippen LogP contribution in [0, 0.1) is 0 Å². The Hall–Kier alpha value is -3.00. The molecule has 0 radical (unpaired) electrons. The molecule has 1 heterocycles. The molecule has 0 amide bonds. The molecule has 4 rings (SSSR count). The van der Waals surface area contributed by atoms with Gasteiger partial charge in [0.1, 0.15) is 0 Å². The third-order valence-electron chi connectivity index (χ3n) is 6.33. The monoisotopic (exact) mass is 622 g/mol. The Morgan fingerprint density at radius 1 is 0.925 bits per heavy atom. The summed E-state index contributed by atoms with van der Waals surface area (Å²) in [7, 11) is -5.18. The minimum Gasteiger partial charge on any atom is -0.342 e. The van der Waals surface area contributed by atoms with Crippen molar-refractivity contribution in [1.82, 2.24) is 14.2 Å². The zero-order chi connectivity index (χ0) is 29.1. The maximum atomic E-state index is 13.4. The molecule has 2 N–H and O–H groups in total. The summed E-state index contributed by atoms with van der Waals surface area (Å²) in [5, 5.41) is 12.5. The number of halogens is 2. The predicted molar refractivity (Wildman–Crippen MR) is 158 cm³/mol. The largest absolute Gasteiger partial charge is 0.342 e. The third-order valence-corrected chi connectivity index (χ3v) is 9.15. The molecule has 1 aliphatic rings. The van der Waals surface area contributed by atoms with Crippen molar-refractivity contribution in [3.05, 3.63) is 100 Å². The van der Waals surface area contributed by atoms with Gasteiger partial charge in [-0.15, -0.1) is 4.40 Å². The van der Waals surface area contributed by atoms with Gasteiger partial charge >= 0.3 is 0 Å². The van der Waals surface area contributed by atoms with Crippen molar-refractivity contribution in [3.8, 4) is 0 Å². The molecule has 0 unspecified atom stereocenters. The van der Waals surface area contributed by atoms with Gasteiger partial charge in [-0.1, -0.05) is 65.7 Å². The summed E-state index contributed by atoms with van der Waals surface area (Å²) in [6.07, 6.45) is 0. The minimum absolute atomic E-state index is 0.0148. The minimum atomic E-state index is -4.19. The van der Waals surface area contributed by atoms with Crippen LogP contribution in [0.5, 0.6) is 0 Å². The van der Waals surface area contributed by atoms with Crippen LogP contribution in [0.25, 0.3) is 0 Å². The maximum absolute atomic E-state index is 13.4. The van der Waals surface area contributed by atoms with E-state index in [0.717, 1.165) is 15.4 Å². The Balaban J connectivity index is 1.78. The van der Waals surface area contributed by atoms with Crippen LogP contribution in [0.1, 0.15) is 17.0 Å². The van der Waals surface area contributed by atoms with Crippen molar-refractivity contribution in [3.63, 3.8) is 0 Å². The summed E-state index contributed by atoms with van der Waals surface area (Å²) in [5.41, 5.74) is 2.50. The number of hydrazone groups is 1. The van der Waals surface area contributed by atoms with Crippen LogP contribution >= 0.6 is 23.2 Å². The van der Waals surface area contributed by atoms with Crippen LogP contribution in [0.4, 0.5) is 0 Å². The highest BCUT2D eigenvalue weighted by molar-refractivity contribution is 7.90. The first-order valence-electron chi connectivity index (χ1n) is 12.1. The number of hydrogen-bond acceptors (Lipinski definition) is 5. The van der Waals surface area contributed by atoms with Crippen LogP contribution in [-0.2, 0) is 20.2 Å². The Labute approximate surface area is 244 Å². The van der Waals surface area contributed by atoms with Crippen molar-refractivity contribution >= 4 is 55.1 Å². The second-order valence-corrected chi connectivity index (χ2v) is 13.3. The molecule has 14 heteroatoms. The first-order valence-corrected chi connectivity index (χ1v) is 15.8. The standard InChI is InChI=1S/C26H28Cl2N6O4S2/c1-32(16-17-33(2)40(29,37)38)26(31-39(35,36)23-14-12-22(28)13-15-23)34-18-24(19-6-4-3-5-7-19)25(30-34)20-8-10-21(27)11-9-20/h3-15,24H,16-18H2,1-2H3,(H2,29,37,38)/t24-/m1/s1. The van der Waals surface area contributed by atoms with Gasteiger partial charge in [-0.05, 0) is 47.5 Å². The lowest BCUT2D eigenvalue weighted by Gasteiger charge is -2.28. The van der Waals surface area contributed by atoms with E-state index in [-0.39, 0.29) is 36.4 Å². The quantitative estimate of drug-likeness (QED) is 0.302. The number of nitrogens with zero attached hydrogens (tertiary/aromatic N) is 5. The van der Waals surface area contributed by atoms with Crippen molar-refractivity contribution in [2.75, 3.05) is 33.7 Å². The molecule has 40 heavy (non-hydrogen) atoms. The van der Waals surface area contributed by atoms with Crippen LogP contribution in [-0.4, -0.2) is 76.5 Å². The van der Waals surface area contributed by atoms with Gasteiger partial charge in [0.15, 0.2) is 0 Å². The SMILES string of the molecule is CN(CCN(C)S(N)(=O)=O)C(=NS(=O)(=O)c1ccc(Cl)cc1)N1C[C@H](c2ccccc2)C(c2ccc(Cl)cc2)=N1. The molecular weight excluding hydrogens is 595 g/mol. The molecule has 0 spiro atoms. The molecule has 1 atom stereocenters. The van der Waals surface area contributed by atoms with Crippen molar-refractivity contribution in [2.45, 2.75) is 10.8 Å². The highest BCUT2D eigenvalue weighted by Gasteiger charge is 2.34. The van der Waals surface area contributed by atoms with E-state index >= 15 is 0 Å². The fourth-order valence-corrected chi connectivity index (χ4v) is 5.68. The summed E-state index contributed by atoms with van der Waals surface area (Å²) in [6.45, 7) is 0.353. The first-order chi connectivity index (χ1) is 18.8. The Morgan fingerprint density at radius 2 is 1.50 bits per heavy atom. The van der Waals surface area contributed by atoms with E-state index in [1.54, 1.807) is 19.2 Å². The van der Waals surface area contributed by atoms with Crippen molar-refractivity contribution < 1.29 is 16.8 Å². The molecular formula is C26H28Cl2N6O4S2. The van der Waals surface area contributed by atoms with Crippen LogP contribution in [0.2, 0.25) is 10.0 Å². The molecule has 0 fully saturated rings. The number of rotatable bonds is 8. The highest BCUT2D eigenvalue weighted by atomic mass is 35.5. The zero-order valence-corrected chi connectivity index (χ0v) is 24.9. The lowest BCUT2D eigenvalue weighted by Crippen LogP contribution is -2.44. The average molecular weight is 624 g/mol. The first kappa shape index (κ1) is 30.0. The van der Waals surface area contributed by atoms with Gasteiger partial charge in [-0.25, -0.2) is 10.1 Å². The number of nitrogens with two attached hydrogens (primary N) is 1. The summed E-state index contributed by atoms with van der Waals surface area (Å²) in [4.78, 5) is 1.48. The summed E-state index contributed by atoms with van der Waals surface area (Å²) in [5.74, 6) is -0.200. The second-order valence-electron chi connectivity index (χ2n) is 9.15. The van der Waals surface area contributed by atoms with E-state index in [9.17, 15) is 16.8 Å². The number of sulfonamides is 1. The topological polar surface area (TPSA) is 129 Å². The molecule has 0 saturated carbocycles. The summed E-state index contributed by atoms with van der Waals surface area (Å²) < 4.78 is 55.4. The lowest BCUT2D eigenvalue weighted by molar-refractivity contribution is 0.349. The number of benzene rings is 3. The molecule has 10 nitrogen and oxygen atoms in total. The molecule has 0 aromatic heterocycles. The van der Waals surface area contributed by atoms with E-state index in [1.807, 2.05) is 42.5 Å². The highest BCUT2D eigenvalue weighted by Crippen LogP contribution is 2.30. The fraction of sp³-hybridized carbons (Fsp3) is 0.231. The van der Waals surface area contributed by atoms with Gasteiger partial charge in [0, 0.05) is 43.1 Å². The zero-order valence-electron chi connectivity index (χ0n) is 21.7. The van der Waals surface area contributed by atoms with Crippen LogP contribution in [0.3, 0.4) is 0 Å². The molecule has 0 aliphatic carbocycles. The molecule has 1 aliphatic heterocycles. The Kier molecular flexibility index (Phi) is 9.18. The number of hydrogen-bond donors (Lipinski definition) is 1. The smallest absolute Gasteiger partial charge is 0.285 e. The van der Waals surface area contributed by atoms with E-state index < -0.39 is 20.2 Å². The predicted octanol–water partition coefficient (Wildman–Crippen LogP) is 3.61. The van der Waals surface area contributed by atoms with E-state index in [1.165, 1.54) is 41.2 Å². The number of likely N-dealkylation sites (N-methyl/N-ethyl adjacent to an activating group) is 2. The van der Waals surface area contributed by atoms with Gasteiger partial charge in [-0.3, -0.25) is 0 Å². The summed E-state index contributed by atoms with van der Waals surface area (Å²) >= 11 is 12.1. The van der Waals surface area contributed by atoms with Crippen molar-refractivity contribution in [1.29, 1.82) is 0 Å². The maximum Gasteiger partial charge on any atom is 0.285 e. The molecule has 0 saturated heterocycles. The fourth-order valence-electron chi connectivity index (χ4n) is 4.05. The van der Waals surface area contributed by atoms with Gasteiger partial charge in [0.2, 0.25) is 5.96 Å². The molecule has 0 bridgehead atoms. The van der Waals surface area contributed by atoms with E-state index in [4.69, 9.17) is 33.4 Å². The van der Waals surface area contributed by atoms with Gasteiger partial charge in [0.05, 0.1) is 17.2 Å². The molecule has 3 aromatic carbocycles. The van der Waals surface area contributed by atoms with Gasteiger partial charge in [0.25, 0.3) is 20.2 Å². The average Bonchev–Trinajstić information content (AvgIpc) is 3.36. The van der Waals surface area contributed by atoms with Gasteiger partial charge < -0.3 is 4.90 Å². The third kappa shape index (κ3) is 7.19. The van der Waals surface area contributed by atoms with E-state index in [0.29, 0.717) is 15.8 Å². The number of guanidine groups is 1. The molecule has 212 valence electrons. The van der Waals surface area contributed by atoms with E-state index in [2.05, 4.69) is 4.40 Å². The second kappa shape index (κ2) is 12.2. The lowest BCUT2D eigenvalue weighted by atomic mass is 9.91. The van der Waals surface area contributed by atoms with Gasteiger partial charge in [-0.2, -0.15) is 26.2 Å². The summed E-state index contributed by atoms with van der Waals surface area (Å²) in [6, 6.07) is 22.6. The van der Waals surface area contributed by atoms with Crippen LogP contribution < -0.4 is 5.14 Å². The molecule has 3 aromatic rings. The Morgan fingerprint density at radius 3 is 2.08 bits per heavy atom.